The predicted octanol–water partition coefficient (Wildman–Crippen LogP) is 3.51. The molecule has 24 heavy (non-hydrogen) atoms. The van der Waals surface area contributed by atoms with E-state index >= 15 is 0 Å². The summed E-state index contributed by atoms with van der Waals surface area (Å²) in [6, 6.07) is 10.2. The van der Waals surface area contributed by atoms with Gasteiger partial charge < -0.3 is 10.2 Å². The maximum Gasteiger partial charge on any atom is 0.252 e. The van der Waals surface area contributed by atoms with Gasteiger partial charge in [0.2, 0.25) is 5.91 Å². The Labute approximate surface area is 146 Å². The van der Waals surface area contributed by atoms with Crippen molar-refractivity contribution in [2.45, 2.75) is 6.92 Å². The van der Waals surface area contributed by atoms with Gasteiger partial charge in [0.15, 0.2) is 0 Å². The van der Waals surface area contributed by atoms with Crippen LogP contribution in [0.3, 0.4) is 0 Å². The van der Waals surface area contributed by atoms with Crippen molar-refractivity contribution < 1.29 is 18.4 Å². The van der Waals surface area contributed by atoms with Crippen LogP contribution in [0.15, 0.2) is 46.9 Å². The van der Waals surface area contributed by atoms with Crippen LogP contribution in [0, 0.1) is 11.6 Å². The summed E-state index contributed by atoms with van der Waals surface area (Å²) in [6.45, 7) is 1.21. The van der Waals surface area contributed by atoms with Gasteiger partial charge in [0, 0.05) is 24.5 Å². The lowest BCUT2D eigenvalue weighted by atomic mass is 10.2. The number of halogens is 3. The van der Waals surface area contributed by atoms with E-state index in [-0.39, 0.29) is 19.0 Å². The number of benzene rings is 2. The first-order chi connectivity index (χ1) is 11.4. The molecule has 0 saturated heterocycles. The molecule has 2 rings (SSSR count). The van der Waals surface area contributed by atoms with E-state index in [2.05, 4.69) is 21.2 Å². The van der Waals surface area contributed by atoms with E-state index in [4.69, 9.17) is 0 Å². The second kappa shape index (κ2) is 8.01. The van der Waals surface area contributed by atoms with E-state index in [1.54, 1.807) is 24.3 Å². The second-order valence-electron chi connectivity index (χ2n) is 4.98. The van der Waals surface area contributed by atoms with Crippen LogP contribution in [0.1, 0.15) is 17.3 Å². The third-order valence-corrected chi connectivity index (χ3v) is 4.02. The molecule has 0 heterocycles. The summed E-state index contributed by atoms with van der Waals surface area (Å²) >= 11 is 3.27. The SMILES string of the molecule is CC(=O)N(CCNC(=O)c1ccccc1Br)c1c(F)cccc1F. The molecule has 2 aromatic rings. The Hall–Kier alpha value is -2.28. The van der Waals surface area contributed by atoms with E-state index in [0.29, 0.717) is 10.0 Å². The summed E-state index contributed by atoms with van der Waals surface area (Å²) < 4.78 is 28.3. The number of carbonyl (C=O) groups excluding carboxylic acids is 2. The van der Waals surface area contributed by atoms with Gasteiger partial charge in [0.1, 0.15) is 17.3 Å². The van der Waals surface area contributed by atoms with Crippen LogP contribution in [0.5, 0.6) is 0 Å². The Kier molecular flexibility index (Phi) is 6.03. The minimum absolute atomic E-state index is 0.0491. The third-order valence-electron chi connectivity index (χ3n) is 3.33. The zero-order chi connectivity index (χ0) is 17.7. The van der Waals surface area contributed by atoms with Crippen molar-refractivity contribution in [2.75, 3.05) is 18.0 Å². The van der Waals surface area contributed by atoms with Gasteiger partial charge in [-0.1, -0.05) is 18.2 Å². The molecule has 7 heteroatoms. The lowest BCUT2D eigenvalue weighted by Gasteiger charge is -2.22. The van der Waals surface area contributed by atoms with Gasteiger partial charge in [-0.2, -0.15) is 0 Å². The Morgan fingerprint density at radius 1 is 1.08 bits per heavy atom. The monoisotopic (exact) mass is 396 g/mol. The van der Waals surface area contributed by atoms with Gasteiger partial charge >= 0.3 is 0 Å². The summed E-state index contributed by atoms with van der Waals surface area (Å²) in [5, 5.41) is 2.63. The number of para-hydroxylation sites is 1. The standard InChI is InChI=1S/C17H15BrF2N2O2/c1-11(23)22(16-14(19)7-4-8-15(16)20)10-9-21-17(24)12-5-2-3-6-13(12)18/h2-8H,9-10H2,1H3,(H,21,24). The average Bonchev–Trinajstić information content (AvgIpc) is 2.53. The first-order valence-electron chi connectivity index (χ1n) is 7.16. The van der Waals surface area contributed by atoms with Crippen LogP contribution in [0.25, 0.3) is 0 Å². The van der Waals surface area contributed by atoms with Gasteiger partial charge in [-0.25, -0.2) is 8.78 Å². The number of nitrogens with one attached hydrogen (secondary N) is 1. The van der Waals surface area contributed by atoms with E-state index in [1.807, 2.05) is 0 Å². The third kappa shape index (κ3) is 4.17. The van der Waals surface area contributed by atoms with Crippen LogP contribution >= 0.6 is 15.9 Å². The fraction of sp³-hybridized carbons (Fsp3) is 0.176. The van der Waals surface area contributed by atoms with Gasteiger partial charge in [-0.3, -0.25) is 9.59 Å². The minimum Gasteiger partial charge on any atom is -0.350 e. The summed E-state index contributed by atoms with van der Waals surface area (Å²) in [6.07, 6.45) is 0. The minimum atomic E-state index is -0.831. The normalized spacial score (nSPS) is 10.3. The molecule has 126 valence electrons. The van der Waals surface area contributed by atoms with Crippen molar-refractivity contribution in [3.05, 3.63) is 64.1 Å². The Morgan fingerprint density at radius 3 is 2.29 bits per heavy atom. The fourth-order valence-electron chi connectivity index (χ4n) is 2.20. The molecule has 0 unspecified atom stereocenters. The number of rotatable bonds is 5. The number of nitrogens with zero attached hydrogens (tertiary/aromatic N) is 1. The number of hydrogen-bond donors (Lipinski definition) is 1. The number of carbonyl (C=O) groups is 2. The van der Waals surface area contributed by atoms with Gasteiger partial charge in [0.25, 0.3) is 5.91 Å². The molecule has 0 aliphatic heterocycles. The van der Waals surface area contributed by atoms with Crippen LogP contribution in [-0.4, -0.2) is 24.9 Å². The Balaban J connectivity index is 2.07. The van der Waals surface area contributed by atoms with Crippen LogP contribution < -0.4 is 10.2 Å². The summed E-state index contributed by atoms with van der Waals surface area (Å²) in [4.78, 5) is 24.8. The highest BCUT2D eigenvalue weighted by Crippen LogP contribution is 2.23. The molecule has 4 nitrogen and oxygen atoms in total. The van der Waals surface area contributed by atoms with Gasteiger partial charge in [-0.05, 0) is 40.2 Å². The molecule has 0 radical (unpaired) electrons. The molecular weight excluding hydrogens is 382 g/mol. The zero-order valence-corrected chi connectivity index (χ0v) is 14.4. The molecule has 0 fully saturated rings. The first kappa shape index (κ1) is 18.1. The van der Waals surface area contributed by atoms with E-state index in [0.717, 1.165) is 17.0 Å². The summed E-state index contributed by atoms with van der Waals surface area (Å²) in [5.74, 6) is -2.53. The molecule has 2 aromatic carbocycles. The summed E-state index contributed by atoms with van der Waals surface area (Å²) in [7, 11) is 0. The van der Waals surface area contributed by atoms with Crippen molar-refractivity contribution in [1.82, 2.24) is 5.32 Å². The van der Waals surface area contributed by atoms with Gasteiger partial charge in [0.05, 0.1) is 5.56 Å². The zero-order valence-electron chi connectivity index (χ0n) is 12.9. The Morgan fingerprint density at radius 2 is 1.71 bits per heavy atom. The Bertz CT molecular complexity index is 748. The van der Waals surface area contributed by atoms with E-state index in [1.165, 1.54) is 13.0 Å². The fourth-order valence-corrected chi connectivity index (χ4v) is 2.66. The van der Waals surface area contributed by atoms with Crippen LogP contribution in [0.2, 0.25) is 0 Å². The van der Waals surface area contributed by atoms with Crippen LogP contribution in [-0.2, 0) is 4.79 Å². The lowest BCUT2D eigenvalue weighted by molar-refractivity contribution is -0.116. The van der Waals surface area contributed by atoms with Crippen molar-refractivity contribution >= 4 is 33.4 Å². The smallest absolute Gasteiger partial charge is 0.252 e. The molecule has 0 aliphatic rings. The van der Waals surface area contributed by atoms with Crippen molar-refractivity contribution in [3.63, 3.8) is 0 Å². The molecule has 2 amide bonds. The lowest BCUT2D eigenvalue weighted by Crippen LogP contribution is -2.38. The average molecular weight is 397 g/mol. The van der Waals surface area contributed by atoms with Crippen molar-refractivity contribution in [3.8, 4) is 0 Å². The highest BCUT2D eigenvalue weighted by atomic mass is 79.9. The van der Waals surface area contributed by atoms with Crippen molar-refractivity contribution in [2.24, 2.45) is 0 Å². The molecular formula is C17H15BrF2N2O2. The maximum atomic E-state index is 13.8. The highest BCUT2D eigenvalue weighted by Gasteiger charge is 2.20. The molecule has 1 N–H and O–H groups in total. The topological polar surface area (TPSA) is 49.4 Å². The predicted molar refractivity (Wildman–Crippen MR) is 90.9 cm³/mol. The van der Waals surface area contributed by atoms with Crippen molar-refractivity contribution in [1.29, 1.82) is 0 Å². The molecule has 0 saturated carbocycles. The number of amides is 2. The number of hydrogen-bond acceptors (Lipinski definition) is 2. The van der Waals surface area contributed by atoms with E-state index in [9.17, 15) is 18.4 Å². The molecule has 0 spiro atoms. The molecule has 0 aromatic heterocycles. The van der Waals surface area contributed by atoms with Crippen LogP contribution in [0.4, 0.5) is 14.5 Å². The highest BCUT2D eigenvalue weighted by molar-refractivity contribution is 9.10. The molecule has 0 aliphatic carbocycles. The van der Waals surface area contributed by atoms with E-state index < -0.39 is 23.2 Å². The number of anilines is 1. The van der Waals surface area contributed by atoms with Gasteiger partial charge in [-0.15, -0.1) is 0 Å². The molecule has 0 bridgehead atoms. The molecule has 0 atom stereocenters. The summed E-state index contributed by atoms with van der Waals surface area (Å²) in [5.41, 5.74) is 0.0177. The maximum absolute atomic E-state index is 13.8. The quantitative estimate of drug-likeness (QED) is 0.840. The largest absolute Gasteiger partial charge is 0.350 e. The first-order valence-corrected chi connectivity index (χ1v) is 7.96. The second-order valence-corrected chi connectivity index (χ2v) is 5.83.